The molecule has 4 nitrogen and oxygen atoms in total. The maximum absolute atomic E-state index is 12.1. The SMILES string of the molecule is O=C1c2ccccc2C(=O)N1Cc1cncc(Cl)c1. The number of carbonyl (C=O) groups is 2. The van der Waals surface area contributed by atoms with Gasteiger partial charge in [0, 0.05) is 12.4 Å². The van der Waals surface area contributed by atoms with Crippen molar-refractivity contribution in [2.45, 2.75) is 6.54 Å². The molecule has 2 aromatic rings. The molecule has 1 aromatic heterocycles. The lowest BCUT2D eigenvalue weighted by Crippen LogP contribution is -2.29. The van der Waals surface area contributed by atoms with Crippen molar-refractivity contribution in [1.29, 1.82) is 0 Å². The van der Waals surface area contributed by atoms with Gasteiger partial charge < -0.3 is 0 Å². The fourth-order valence-corrected chi connectivity index (χ4v) is 2.30. The highest BCUT2D eigenvalue weighted by atomic mass is 35.5. The quantitative estimate of drug-likeness (QED) is 0.790. The number of aromatic nitrogens is 1. The summed E-state index contributed by atoms with van der Waals surface area (Å²) in [4.78, 5) is 29.4. The zero-order chi connectivity index (χ0) is 13.4. The van der Waals surface area contributed by atoms with Gasteiger partial charge in [0.15, 0.2) is 0 Å². The van der Waals surface area contributed by atoms with Gasteiger partial charge in [0.05, 0.1) is 22.7 Å². The number of pyridine rings is 1. The van der Waals surface area contributed by atoms with Gasteiger partial charge in [0.2, 0.25) is 0 Å². The van der Waals surface area contributed by atoms with Crippen LogP contribution in [0.5, 0.6) is 0 Å². The van der Waals surface area contributed by atoms with Gasteiger partial charge in [-0.1, -0.05) is 23.7 Å². The monoisotopic (exact) mass is 272 g/mol. The Labute approximate surface area is 114 Å². The molecule has 0 spiro atoms. The number of nitrogens with zero attached hydrogens (tertiary/aromatic N) is 2. The molecule has 0 unspecified atom stereocenters. The second-order valence-corrected chi connectivity index (χ2v) is 4.69. The smallest absolute Gasteiger partial charge is 0.261 e. The average molecular weight is 273 g/mol. The van der Waals surface area contributed by atoms with Crippen LogP contribution in [0.2, 0.25) is 5.02 Å². The van der Waals surface area contributed by atoms with Gasteiger partial charge in [-0.25, -0.2) is 0 Å². The number of benzene rings is 1. The molecule has 0 radical (unpaired) electrons. The van der Waals surface area contributed by atoms with Gasteiger partial charge in [-0.3, -0.25) is 19.5 Å². The van der Waals surface area contributed by atoms with Gasteiger partial charge in [0.1, 0.15) is 0 Å². The van der Waals surface area contributed by atoms with Crippen LogP contribution in [-0.2, 0) is 6.54 Å². The largest absolute Gasteiger partial charge is 0.270 e. The van der Waals surface area contributed by atoms with Crippen LogP contribution >= 0.6 is 11.6 Å². The third-order valence-corrected chi connectivity index (χ3v) is 3.19. The molecule has 19 heavy (non-hydrogen) atoms. The molecule has 1 aromatic carbocycles. The number of fused-ring (bicyclic) bond motifs is 1. The first-order valence-corrected chi connectivity index (χ1v) is 6.09. The normalized spacial score (nSPS) is 13.8. The highest BCUT2D eigenvalue weighted by Gasteiger charge is 2.34. The molecule has 0 saturated carbocycles. The van der Waals surface area contributed by atoms with Crippen LogP contribution in [0.1, 0.15) is 26.3 Å². The summed E-state index contributed by atoms with van der Waals surface area (Å²) >= 11 is 5.84. The average Bonchev–Trinajstić information content (AvgIpc) is 2.65. The summed E-state index contributed by atoms with van der Waals surface area (Å²) in [5.74, 6) is -0.554. The standard InChI is InChI=1S/C14H9ClN2O2/c15-10-5-9(6-16-7-10)8-17-13(18)11-3-1-2-4-12(11)14(17)19/h1-7H,8H2. The molecule has 3 rings (SSSR count). The molecular weight excluding hydrogens is 264 g/mol. The van der Waals surface area contributed by atoms with Crippen molar-refractivity contribution < 1.29 is 9.59 Å². The van der Waals surface area contributed by atoms with Crippen molar-refractivity contribution >= 4 is 23.4 Å². The van der Waals surface area contributed by atoms with Crippen LogP contribution < -0.4 is 0 Å². The lowest BCUT2D eigenvalue weighted by Gasteiger charge is -2.13. The molecule has 2 heterocycles. The van der Waals surface area contributed by atoms with E-state index in [0.29, 0.717) is 16.1 Å². The topological polar surface area (TPSA) is 50.3 Å². The Morgan fingerprint density at radius 1 is 1.05 bits per heavy atom. The van der Waals surface area contributed by atoms with E-state index in [2.05, 4.69) is 4.98 Å². The van der Waals surface area contributed by atoms with Crippen molar-refractivity contribution in [3.63, 3.8) is 0 Å². The number of amides is 2. The second-order valence-electron chi connectivity index (χ2n) is 4.25. The summed E-state index contributed by atoms with van der Waals surface area (Å²) in [5, 5.41) is 0.481. The van der Waals surface area contributed by atoms with Gasteiger partial charge in [-0.2, -0.15) is 0 Å². The van der Waals surface area contributed by atoms with Crippen molar-refractivity contribution in [3.8, 4) is 0 Å². The number of hydrogen-bond acceptors (Lipinski definition) is 3. The van der Waals surface area contributed by atoms with E-state index < -0.39 is 0 Å². The lowest BCUT2D eigenvalue weighted by atomic mass is 10.1. The summed E-state index contributed by atoms with van der Waals surface area (Å²) in [6, 6.07) is 8.50. The minimum atomic E-state index is -0.277. The Morgan fingerprint density at radius 3 is 2.26 bits per heavy atom. The highest BCUT2D eigenvalue weighted by Crippen LogP contribution is 2.24. The van der Waals surface area contributed by atoms with E-state index in [0.717, 1.165) is 5.56 Å². The van der Waals surface area contributed by atoms with E-state index in [1.165, 1.54) is 11.1 Å². The zero-order valence-electron chi connectivity index (χ0n) is 9.84. The number of rotatable bonds is 2. The maximum Gasteiger partial charge on any atom is 0.261 e. The minimum absolute atomic E-state index is 0.180. The lowest BCUT2D eigenvalue weighted by molar-refractivity contribution is 0.0642. The Balaban J connectivity index is 1.92. The molecule has 1 aliphatic heterocycles. The molecule has 0 atom stereocenters. The highest BCUT2D eigenvalue weighted by molar-refractivity contribution is 6.30. The van der Waals surface area contributed by atoms with Crippen LogP contribution in [0.15, 0.2) is 42.7 Å². The Morgan fingerprint density at radius 2 is 1.68 bits per heavy atom. The van der Waals surface area contributed by atoms with Crippen LogP contribution in [0.4, 0.5) is 0 Å². The molecule has 0 fully saturated rings. The van der Waals surface area contributed by atoms with Gasteiger partial charge in [0.25, 0.3) is 11.8 Å². The zero-order valence-corrected chi connectivity index (χ0v) is 10.6. The predicted molar refractivity (Wildman–Crippen MR) is 69.9 cm³/mol. The second kappa shape index (κ2) is 4.48. The van der Waals surface area contributed by atoms with Crippen molar-refractivity contribution in [2.75, 3.05) is 0 Å². The number of halogens is 1. The van der Waals surface area contributed by atoms with Crippen LogP contribution in [0.3, 0.4) is 0 Å². The summed E-state index contributed by atoms with van der Waals surface area (Å²) < 4.78 is 0. The molecule has 0 saturated heterocycles. The summed E-state index contributed by atoms with van der Waals surface area (Å²) in [5.41, 5.74) is 1.62. The first-order valence-electron chi connectivity index (χ1n) is 5.71. The van der Waals surface area contributed by atoms with E-state index in [-0.39, 0.29) is 18.4 Å². The minimum Gasteiger partial charge on any atom is -0.270 e. The molecule has 0 aliphatic carbocycles. The number of hydrogen-bond donors (Lipinski definition) is 0. The third-order valence-electron chi connectivity index (χ3n) is 2.98. The van der Waals surface area contributed by atoms with Crippen LogP contribution in [0.25, 0.3) is 0 Å². The molecule has 2 amide bonds. The van der Waals surface area contributed by atoms with Crippen molar-refractivity contribution in [1.82, 2.24) is 9.88 Å². The predicted octanol–water partition coefficient (Wildman–Crippen LogP) is 2.53. The van der Waals surface area contributed by atoms with Gasteiger partial charge in [-0.05, 0) is 23.8 Å². The van der Waals surface area contributed by atoms with Crippen molar-refractivity contribution in [3.05, 3.63) is 64.4 Å². The summed E-state index contributed by atoms with van der Waals surface area (Å²) in [6.07, 6.45) is 3.10. The number of carbonyl (C=O) groups excluding carboxylic acids is 2. The molecule has 0 bridgehead atoms. The maximum atomic E-state index is 12.1. The summed E-state index contributed by atoms with van der Waals surface area (Å²) in [7, 11) is 0. The van der Waals surface area contributed by atoms with E-state index >= 15 is 0 Å². The first-order chi connectivity index (χ1) is 9.16. The van der Waals surface area contributed by atoms with E-state index in [4.69, 9.17) is 11.6 Å². The van der Waals surface area contributed by atoms with Crippen LogP contribution in [-0.4, -0.2) is 21.7 Å². The molecule has 5 heteroatoms. The van der Waals surface area contributed by atoms with Gasteiger partial charge >= 0.3 is 0 Å². The van der Waals surface area contributed by atoms with Crippen LogP contribution in [0, 0.1) is 0 Å². The van der Waals surface area contributed by atoms with E-state index in [9.17, 15) is 9.59 Å². The van der Waals surface area contributed by atoms with Gasteiger partial charge in [-0.15, -0.1) is 0 Å². The fourth-order valence-electron chi connectivity index (χ4n) is 2.11. The number of imide groups is 1. The molecule has 94 valence electrons. The molecule has 0 N–H and O–H groups in total. The summed E-state index contributed by atoms with van der Waals surface area (Å²) in [6.45, 7) is 0.180. The van der Waals surface area contributed by atoms with Crippen molar-refractivity contribution in [2.24, 2.45) is 0 Å². The fraction of sp³-hybridized carbons (Fsp3) is 0.0714. The Bertz CT molecular complexity index is 650. The van der Waals surface area contributed by atoms with E-state index in [1.54, 1.807) is 36.5 Å². The third kappa shape index (κ3) is 2.00. The Kier molecular flexibility index (Phi) is 2.80. The first kappa shape index (κ1) is 11.9. The molecular formula is C14H9ClN2O2. The Hall–Kier alpha value is -2.20. The molecule has 1 aliphatic rings. The van der Waals surface area contributed by atoms with E-state index in [1.807, 2.05) is 0 Å².